The second-order valence-corrected chi connectivity index (χ2v) is 9.83. The van der Waals surface area contributed by atoms with E-state index in [9.17, 15) is 19.5 Å². The van der Waals surface area contributed by atoms with E-state index in [1.807, 2.05) is 65.0 Å². The number of benzene rings is 1. The molecule has 1 saturated heterocycles. The molecule has 2 aliphatic rings. The first kappa shape index (κ1) is 25.9. The van der Waals surface area contributed by atoms with Crippen molar-refractivity contribution in [3.63, 3.8) is 0 Å². The highest BCUT2D eigenvalue weighted by molar-refractivity contribution is 6.02. The van der Waals surface area contributed by atoms with Crippen LogP contribution in [0.5, 0.6) is 0 Å². The maximum Gasteiger partial charge on any atom is 0.310 e. The van der Waals surface area contributed by atoms with Crippen molar-refractivity contribution in [2.24, 2.45) is 29.6 Å². The van der Waals surface area contributed by atoms with Crippen LogP contribution in [-0.2, 0) is 19.1 Å². The number of aliphatic hydroxyl groups is 1. The van der Waals surface area contributed by atoms with Crippen LogP contribution >= 0.6 is 0 Å². The largest absolute Gasteiger partial charge is 0.466 e. The third kappa shape index (κ3) is 4.76. The summed E-state index contributed by atoms with van der Waals surface area (Å²) in [4.78, 5) is 42.2. The zero-order chi connectivity index (χ0) is 25.2. The number of amides is 2. The fourth-order valence-corrected chi connectivity index (χ4v) is 5.45. The molecule has 1 aliphatic heterocycles. The fraction of sp³-hybridized carbons (Fsp3) is 0.593. The zero-order valence-corrected chi connectivity index (χ0v) is 21.1. The van der Waals surface area contributed by atoms with E-state index in [0.717, 1.165) is 11.1 Å². The van der Waals surface area contributed by atoms with Gasteiger partial charge in [-0.15, -0.1) is 0 Å². The van der Waals surface area contributed by atoms with Crippen molar-refractivity contribution in [1.29, 1.82) is 0 Å². The van der Waals surface area contributed by atoms with Gasteiger partial charge in [0.25, 0.3) is 0 Å². The molecule has 0 radical (unpaired) electrons. The van der Waals surface area contributed by atoms with Gasteiger partial charge in [0.05, 0.1) is 31.1 Å². The number of likely N-dealkylation sites (tertiary alicyclic amines) is 1. The Morgan fingerprint density at radius 3 is 2.47 bits per heavy atom. The van der Waals surface area contributed by atoms with Gasteiger partial charge in [0.15, 0.2) is 0 Å². The van der Waals surface area contributed by atoms with Gasteiger partial charge < -0.3 is 20.1 Å². The second kappa shape index (κ2) is 10.7. The second-order valence-electron chi connectivity index (χ2n) is 9.83. The molecule has 0 unspecified atom stereocenters. The first-order valence-electron chi connectivity index (χ1n) is 12.3. The monoisotopic (exact) mass is 470 g/mol. The van der Waals surface area contributed by atoms with Crippen molar-refractivity contribution >= 4 is 23.5 Å². The minimum absolute atomic E-state index is 0.0721. The van der Waals surface area contributed by atoms with Crippen molar-refractivity contribution in [2.45, 2.75) is 60.0 Å². The molecule has 7 nitrogen and oxygen atoms in total. The van der Waals surface area contributed by atoms with Crippen LogP contribution in [0.3, 0.4) is 0 Å². The predicted octanol–water partition coefficient (Wildman–Crippen LogP) is 3.48. The number of nitrogens with one attached hydrogen (secondary N) is 1. The summed E-state index contributed by atoms with van der Waals surface area (Å²) in [6.07, 6.45) is 4.57. The molecule has 1 fully saturated rings. The van der Waals surface area contributed by atoms with E-state index < -0.39 is 35.8 Å². The SMILES string of the molecule is CCOC(=O)[C@H]1[C@H]2C(=O)N([C@@H](CO)C(C)C)[C@H](C(=O)Nc3cc(C)ccc3C)[C@H]2C=C[C@H]1CC. The number of carbonyl (C=O) groups is 3. The zero-order valence-electron chi connectivity index (χ0n) is 21.1. The molecule has 0 aromatic heterocycles. The molecule has 2 N–H and O–H groups in total. The molecule has 7 heteroatoms. The van der Waals surface area contributed by atoms with E-state index in [-0.39, 0.29) is 36.9 Å². The third-order valence-corrected chi connectivity index (χ3v) is 7.31. The van der Waals surface area contributed by atoms with Crippen LogP contribution in [-0.4, -0.2) is 53.1 Å². The van der Waals surface area contributed by atoms with Gasteiger partial charge >= 0.3 is 5.97 Å². The van der Waals surface area contributed by atoms with Crippen molar-refractivity contribution in [1.82, 2.24) is 4.90 Å². The van der Waals surface area contributed by atoms with E-state index in [4.69, 9.17) is 4.74 Å². The van der Waals surface area contributed by atoms with Crippen LogP contribution in [0.25, 0.3) is 0 Å². The van der Waals surface area contributed by atoms with Gasteiger partial charge in [-0.25, -0.2) is 0 Å². The van der Waals surface area contributed by atoms with Gasteiger partial charge in [-0.2, -0.15) is 0 Å². The van der Waals surface area contributed by atoms with E-state index in [1.165, 1.54) is 4.90 Å². The summed E-state index contributed by atoms with van der Waals surface area (Å²) in [5.41, 5.74) is 2.63. The topological polar surface area (TPSA) is 95.9 Å². The number of aliphatic hydroxyl groups excluding tert-OH is 1. The van der Waals surface area contributed by atoms with Crippen LogP contribution in [0.1, 0.15) is 45.2 Å². The molecule has 6 atom stereocenters. The Balaban J connectivity index is 2.07. The number of hydrogen-bond donors (Lipinski definition) is 2. The van der Waals surface area contributed by atoms with Crippen LogP contribution < -0.4 is 5.32 Å². The molecule has 1 heterocycles. The first-order valence-corrected chi connectivity index (χ1v) is 12.3. The Morgan fingerprint density at radius 1 is 1.18 bits per heavy atom. The fourth-order valence-electron chi connectivity index (χ4n) is 5.45. The number of allylic oxidation sites excluding steroid dienone is 1. The minimum Gasteiger partial charge on any atom is -0.466 e. The standard InChI is InChI=1S/C27H38N2O5/c1-7-18-11-12-19-23(22(18)27(33)34-8-2)26(32)29(21(14-30)15(3)4)24(19)25(31)28-20-13-16(5)9-10-17(20)6/h9-13,15,18-19,21-24,30H,7-8,14H2,1-6H3,(H,28,31)/t18-,19+,21+,22-,23+,24+/m1/s1. The number of rotatable bonds is 8. The maximum atomic E-state index is 13.9. The Morgan fingerprint density at radius 2 is 1.88 bits per heavy atom. The molecule has 2 amide bonds. The van der Waals surface area contributed by atoms with Crippen molar-refractivity contribution in [2.75, 3.05) is 18.5 Å². The average molecular weight is 471 g/mol. The molecule has 1 aliphatic carbocycles. The van der Waals surface area contributed by atoms with Crippen molar-refractivity contribution < 1.29 is 24.2 Å². The van der Waals surface area contributed by atoms with E-state index in [0.29, 0.717) is 12.1 Å². The molecule has 1 aromatic rings. The quantitative estimate of drug-likeness (QED) is 0.448. The van der Waals surface area contributed by atoms with Crippen LogP contribution in [0.15, 0.2) is 30.4 Å². The molecular formula is C27H38N2O5. The van der Waals surface area contributed by atoms with Crippen LogP contribution in [0.2, 0.25) is 0 Å². The predicted molar refractivity (Wildman–Crippen MR) is 131 cm³/mol. The maximum absolute atomic E-state index is 13.9. The first-order chi connectivity index (χ1) is 16.2. The molecule has 1 aromatic carbocycles. The Bertz CT molecular complexity index is 956. The van der Waals surface area contributed by atoms with Gasteiger partial charge in [-0.1, -0.05) is 45.1 Å². The molecule has 0 saturated carbocycles. The van der Waals surface area contributed by atoms with E-state index >= 15 is 0 Å². The molecule has 3 rings (SSSR count). The highest BCUT2D eigenvalue weighted by Gasteiger charge is 2.59. The number of nitrogens with zero attached hydrogens (tertiary/aromatic N) is 1. The number of esters is 1. The third-order valence-electron chi connectivity index (χ3n) is 7.31. The van der Waals surface area contributed by atoms with Crippen molar-refractivity contribution in [3.05, 3.63) is 41.5 Å². The van der Waals surface area contributed by atoms with Crippen molar-refractivity contribution in [3.8, 4) is 0 Å². The smallest absolute Gasteiger partial charge is 0.310 e. The van der Waals surface area contributed by atoms with Gasteiger partial charge in [-0.05, 0) is 56.2 Å². The lowest BCUT2D eigenvalue weighted by Gasteiger charge is -2.35. The van der Waals surface area contributed by atoms with Gasteiger partial charge in [0.2, 0.25) is 11.8 Å². The summed E-state index contributed by atoms with van der Waals surface area (Å²) >= 11 is 0. The summed E-state index contributed by atoms with van der Waals surface area (Å²) in [6, 6.07) is 4.46. The van der Waals surface area contributed by atoms with Gasteiger partial charge in [0.1, 0.15) is 6.04 Å². The summed E-state index contributed by atoms with van der Waals surface area (Å²) in [5.74, 6) is -3.02. The highest BCUT2D eigenvalue weighted by Crippen LogP contribution is 2.46. The summed E-state index contributed by atoms with van der Waals surface area (Å²) in [5, 5.41) is 13.2. The van der Waals surface area contributed by atoms with Crippen LogP contribution in [0.4, 0.5) is 5.69 Å². The number of fused-ring (bicyclic) bond motifs is 1. The number of ether oxygens (including phenoxy) is 1. The molecular weight excluding hydrogens is 432 g/mol. The highest BCUT2D eigenvalue weighted by atomic mass is 16.5. The molecule has 186 valence electrons. The average Bonchev–Trinajstić information content (AvgIpc) is 3.08. The normalized spacial score (nSPS) is 27.0. The summed E-state index contributed by atoms with van der Waals surface area (Å²) in [7, 11) is 0. The number of aryl methyl sites for hydroxylation is 2. The number of carbonyl (C=O) groups excluding carboxylic acids is 3. The van der Waals surface area contributed by atoms with Crippen LogP contribution in [0, 0.1) is 43.4 Å². The Hall–Kier alpha value is -2.67. The molecule has 0 spiro atoms. The van der Waals surface area contributed by atoms with E-state index in [1.54, 1.807) is 6.92 Å². The minimum atomic E-state index is -0.831. The lowest BCUT2D eigenvalue weighted by atomic mass is 9.69. The Kier molecular flexibility index (Phi) is 8.18. The summed E-state index contributed by atoms with van der Waals surface area (Å²) in [6.45, 7) is 11.4. The lowest BCUT2D eigenvalue weighted by Crippen LogP contribution is -2.52. The summed E-state index contributed by atoms with van der Waals surface area (Å²) < 4.78 is 5.37. The van der Waals surface area contributed by atoms with E-state index in [2.05, 4.69) is 5.32 Å². The van der Waals surface area contributed by atoms with Gasteiger partial charge in [0, 0.05) is 11.6 Å². The molecule has 0 bridgehead atoms. The molecule has 34 heavy (non-hydrogen) atoms. The van der Waals surface area contributed by atoms with Gasteiger partial charge in [-0.3, -0.25) is 14.4 Å². The Labute approximate surface area is 202 Å². The number of anilines is 1. The lowest BCUT2D eigenvalue weighted by molar-refractivity contribution is -0.156. The number of hydrogen-bond acceptors (Lipinski definition) is 5.